The molecule has 0 aromatic heterocycles. The van der Waals surface area contributed by atoms with Crippen LogP contribution < -0.4 is 16.4 Å². The van der Waals surface area contributed by atoms with Crippen molar-refractivity contribution in [3.05, 3.63) is 64.2 Å². The van der Waals surface area contributed by atoms with Gasteiger partial charge in [-0.2, -0.15) is 4.31 Å². The number of ether oxygens (including phenoxy) is 1. The summed E-state index contributed by atoms with van der Waals surface area (Å²) >= 11 is 5.93. The van der Waals surface area contributed by atoms with Gasteiger partial charge in [0.1, 0.15) is 11.6 Å². The number of carbonyl (C=O) groups excluding carboxylic acids is 1. The number of benzene rings is 2. The number of nitrogens with two attached hydrogens (primary N) is 1. The molecule has 2 aromatic rings. The summed E-state index contributed by atoms with van der Waals surface area (Å²) < 4.78 is 62.4. The molecule has 2 bridgehead atoms. The molecule has 5 rings (SSSR count). The van der Waals surface area contributed by atoms with E-state index in [4.69, 9.17) is 22.1 Å². The van der Waals surface area contributed by atoms with Crippen molar-refractivity contribution in [1.29, 1.82) is 0 Å². The van der Waals surface area contributed by atoms with Crippen molar-refractivity contribution in [2.45, 2.75) is 75.4 Å². The number of nitrogens with one attached hydrogen (secondary N) is 2. The maximum absolute atomic E-state index is 15.2. The second kappa shape index (κ2) is 14.3. The molecular formula is C31H41ClF2N4O4S. The number of sulfonamides is 1. The third kappa shape index (κ3) is 7.93. The normalized spacial score (nSPS) is 25.4. The van der Waals surface area contributed by atoms with Crippen LogP contribution in [-0.4, -0.2) is 68.8 Å². The lowest BCUT2D eigenvalue weighted by molar-refractivity contribution is -0.118. The molecule has 5 atom stereocenters. The van der Waals surface area contributed by atoms with E-state index in [2.05, 4.69) is 10.6 Å². The summed E-state index contributed by atoms with van der Waals surface area (Å²) in [6.45, 7) is 2.31. The van der Waals surface area contributed by atoms with E-state index < -0.39 is 39.5 Å². The zero-order valence-electron chi connectivity index (χ0n) is 24.2. The van der Waals surface area contributed by atoms with Gasteiger partial charge < -0.3 is 21.1 Å². The van der Waals surface area contributed by atoms with Crippen LogP contribution in [0.5, 0.6) is 0 Å². The van der Waals surface area contributed by atoms with Gasteiger partial charge in [0.25, 0.3) is 0 Å². The molecule has 43 heavy (non-hydrogen) atoms. The molecule has 1 amide bonds. The SMILES string of the molecule is NC(C(=O)Nc1cccc(F)c1CCC1CNC2CCCS(=O)(=O)N1C2)C(CCC1CCOCC1)c1ccc(Cl)c(F)c1. The van der Waals surface area contributed by atoms with Crippen molar-refractivity contribution >= 4 is 33.2 Å². The average Bonchev–Trinajstić information content (AvgIpc) is 3.10. The van der Waals surface area contributed by atoms with E-state index in [9.17, 15) is 17.6 Å². The third-order valence-corrected chi connectivity index (χ3v) is 11.5. The zero-order valence-corrected chi connectivity index (χ0v) is 25.8. The highest BCUT2D eigenvalue weighted by Gasteiger charge is 2.38. The van der Waals surface area contributed by atoms with E-state index in [0.717, 1.165) is 25.7 Å². The molecule has 2 aromatic carbocycles. The number of nitrogens with zero attached hydrogens (tertiary/aromatic N) is 1. The zero-order chi connectivity index (χ0) is 30.6. The number of piperazine rings is 1. The van der Waals surface area contributed by atoms with E-state index in [1.54, 1.807) is 16.4 Å². The number of hydrogen-bond donors (Lipinski definition) is 3. The summed E-state index contributed by atoms with van der Waals surface area (Å²) in [7, 11) is -3.38. The van der Waals surface area contributed by atoms with Crippen molar-refractivity contribution in [2.75, 3.05) is 37.4 Å². The molecule has 3 heterocycles. The summed E-state index contributed by atoms with van der Waals surface area (Å²) in [5, 5.41) is 6.26. The molecule has 0 aliphatic carbocycles. The molecule has 4 N–H and O–H groups in total. The van der Waals surface area contributed by atoms with Crippen LogP contribution in [0.15, 0.2) is 36.4 Å². The topological polar surface area (TPSA) is 114 Å². The molecule has 3 saturated heterocycles. The van der Waals surface area contributed by atoms with Gasteiger partial charge in [0.15, 0.2) is 0 Å². The highest BCUT2D eigenvalue weighted by Crippen LogP contribution is 2.32. The predicted octanol–water partition coefficient (Wildman–Crippen LogP) is 4.57. The van der Waals surface area contributed by atoms with Crippen LogP contribution in [0, 0.1) is 17.6 Å². The van der Waals surface area contributed by atoms with Crippen molar-refractivity contribution in [3.63, 3.8) is 0 Å². The maximum Gasteiger partial charge on any atom is 0.241 e. The van der Waals surface area contributed by atoms with E-state index in [0.29, 0.717) is 68.3 Å². The Morgan fingerprint density at radius 3 is 2.70 bits per heavy atom. The summed E-state index contributed by atoms with van der Waals surface area (Å²) in [6.07, 6.45) is 5.27. The Morgan fingerprint density at radius 1 is 1.14 bits per heavy atom. The Labute approximate surface area is 257 Å². The first-order valence-electron chi connectivity index (χ1n) is 15.2. The van der Waals surface area contributed by atoms with Gasteiger partial charge in [-0.1, -0.05) is 23.7 Å². The minimum atomic E-state index is -3.38. The van der Waals surface area contributed by atoms with Crippen LogP contribution >= 0.6 is 11.6 Å². The van der Waals surface area contributed by atoms with Crippen LogP contribution in [0.4, 0.5) is 14.5 Å². The van der Waals surface area contributed by atoms with Gasteiger partial charge in [0, 0.05) is 55.6 Å². The Kier molecular flexibility index (Phi) is 10.7. The first-order chi connectivity index (χ1) is 20.6. The number of fused-ring (bicyclic) bond motifs is 2. The molecule has 0 saturated carbocycles. The van der Waals surface area contributed by atoms with Crippen LogP contribution in [-0.2, 0) is 26.0 Å². The lowest BCUT2D eigenvalue weighted by Crippen LogP contribution is -2.57. The molecule has 3 fully saturated rings. The van der Waals surface area contributed by atoms with Crippen LogP contribution in [0.2, 0.25) is 5.02 Å². The van der Waals surface area contributed by atoms with Gasteiger partial charge in [0.2, 0.25) is 15.9 Å². The molecule has 5 unspecified atom stereocenters. The third-order valence-electron chi connectivity index (χ3n) is 9.20. The second-order valence-electron chi connectivity index (χ2n) is 12.0. The van der Waals surface area contributed by atoms with E-state index in [1.807, 2.05) is 0 Å². The van der Waals surface area contributed by atoms with Gasteiger partial charge in [-0.3, -0.25) is 4.79 Å². The Bertz CT molecular complexity index is 1390. The molecule has 0 spiro atoms. The highest BCUT2D eigenvalue weighted by molar-refractivity contribution is 7.89. The number of rotatable bonds is 10. The summed E-state index contributed by atoms with van der Waals surface area (Å²) in [4.78, 5) is 13.6. The average molecular weight is 639 g/mol. The van der Waals surface area contributed by atoms with Gasteiger partial charge in [-0.05, 0) is 87.1 Å². The van der Waals surface area contributed by atoms with E-state index in [1.165, 1.54) is 24.3 Å². The number of carbonyl (C=O) groups is 1. The van der Waals surface area contributed by atoms with Crippen LogP contribution in [0.1, 0.15) is 62.0 Å². The Hall–Kier alpha value is -2.15. The Balaban J connectivity index is 1.30. The van der Waals surface area contributed by atoms with Gasteiger partial charge in [-0.15, -0.1) is 0 Å². The summed E-state index contributed by atoms with van der Waals surface area (Å²) in [5.41, 5.74) is 7.74. The number of hydrogen-bond acceptors (Lipinski definition) is 6. The summed E-state index contributed by atoms with van der Waals surface area (Å²) in [6, 6.07) is 7.76. The van der Waals surface area contributed by atoms with Gasteiger partial charge in [0.05, 0.1) is 16.8 Å². The molecular weight excluding hydrogens is 598 g/mol. The fourth-order valence-corrected chi connectivity index (χ4v) is 8.56. The van der Waals surface area contributed by atoms with Crippen molar-refractivity contribution in [2.24, 2.45) is 11.7 Å². The molecule has 0 radical (unpaired) electrons. The van der Waals surface area contributed by atoms with Crippen LogP contribution in [0.3, 0.4) is 0 Å². The molecule has 8 nitrogen and oxygen atoms in total. The first kappa shape index (κ1) is 32.2. The minimum absolute atomic E-state index is 0.00832. The first-order valence-corrected chi connectivity index (χ1v) is 17.2. The number of anilines is 1. The lowest BCUT2D eigenvalue weighted by Gasteiger charge is -2.37. The summed E-state index contributed by atoms with van der Waals surface area (Å²) in [5.74, 6) is -1.50. The van der Waals surface area contributed by atoms with Crippen molar-refractivity contribution in [3.8, 4) is 0 Å². The highest BCUT2D eigenvalue weighted by atomic mass is 35.5. The Morgan fingerprint density at radius 2 is 1.93 bits per heavy atom. The smallest absolute Gasteiger partial charge is 0.241 e. The van der Waals surface area contributed by atoms with E-state index >= 15 is 4.39 Å². The number of amides is 1. The standard InChI is InChI=1S/C31H41ClF2N4O4S/c32-26-11-7-21(17-28(26)34)24(9-6-20-12-14-42-15-13-20)30(35)31(39)37-29-5-1-4-27(33)25(29)10-8-23-18-36-22-3-2-16-43(40,41)38(23)19-22/h1,4-5,7,11,17,20,22-24,30,36H,2-3,6,8-10,12-16,18-19,35H2,(H,37,39). The second-order valence-corrected chi connectivity index (χ2v) is 14.5. The molecule has 3 aliphatic rings. The van der Waals surface area contributed by atoms with E-state index in [-0.39, 0.29) is 29.3 Å². The fourth-order valence-electron chi connectivity index (χ4n) is 6.63. The molecule has 3 aliphatic heterocycles. The van der Waals surface area contributed by atoms with Gasteiger partial charge in [-0.25, -0.2) is 17.2 Å². The number of halogens is 3. The largest absolute Gasteiger partial charge is 0.381 e. The fraction of sp³-hybridized carbons (Fsp3) is 0.581. The van der Waals surface area contributed by atoms with Gasteiger partial charge >= 0.3 is 0 Å². The molecule has 12 heteroatoms. The van der Waals surface area contributed by atoms with Crippen LogP contribution in [0.25, 0.3) is 0 Å². The lowest BCUT2D eigenvalue weighted by atomic mass is 9.83. The maximum atomic E-state index is 15.2. The predicted molar refractivity (Wildman–Crippen MR) is 164 cm³/mol. The van der Waals surface area contributed by atoms with Crippen molar-refractivity contribution in [1.82, 2.24) is 9.62 Å². The quantitative estimate of drug-likeness (QED) is 0.351. The molecule has 236 valence electrons. The monoisotopic (exact) mass is 638 g/mol. The van der Waals surface area contributed by atoms with Crippen molar-refractivity contribution < 1.29 is 26.7 Å². The minimum Gasteiger partial charge on any atom is -0.381 e.